The van der Waals surface area contributed by atoms with Gasteiger partial charge in [-0.1, -0.05) is 29.8 Å². The molecule has 0 fully saturated rings. The van der Waals surface area contributed by atoms with E-state index in [2.05, 4.69) is 5.32 Å². The first kappa shape index (κ1) is 14.3. The van der Waals surface area contributed by atoms with Gasteiger partial charge in [0.05, 0.1) is 6.54 Å². The number of hydrogen-bond donors (Lipinski definition) is 1. The van der Waals surface area contributed by atoms with Crippen molar-refractivity contribution in [1.29, 1.82) is 0 Å². The number of halogens is 1. The second-order valence-electron chi connectivity index (χ2n) is 5.01. The average Bonchev–Trinajstić information content (AvgIpc) is 2.40. The quantitative estimate of drug-likeness (QED) is 0.899. The van der Waals surface area contributed by atoms with E-state index in [0.717, 1.165) is 16.8 Å². The van der Waals surface area contributed by atoms with Gasteiger partial charge in [-0.25, -0.2) is 4.39 Å². The number of carbonyl (C=O) groups excluding carboxylic acids is 1. The van der Waals surface area contributed by atoms with E-state index < -0.39 is 0 Å². The number of aryl methyl sites for hydroxylation is 2. The highest BCUT2D eigenvalue weighted by atomic mass is 19.1. The Morgan fingerprint density at radius 1 is 1.10 bits per heavy atom. The number of benzene rings is 2. The average molecular weight is 271 g/mol. The monoisotopic (exact) mass is 271 g/mol. The van der Waals surface area contributed by atoms with E-state index in [1.165, 1.54) is 17.7 Å². The Morgan fingerprint density at radius 2 is 1.80 bits per heavy atom. The Balaban J connectivity index is 1.90. The number of hydrogen-bond acceptors (Lipinski definition) is 2. The molecule has 0 unspecified atom stereocenters. The number of anilines is 1. The topological polar surface area (TPSA) is 29.1 Å². The maximum Gasteiger partial charge on any atom is 0.156 e. The number of carbonyl (C=O) groups is 1. The van der Waals surface area contributed by atoms with E-state index in [0.29, 0.717) is 6.42 Å². The van der Waals surface area contributed by atoms with Crippen LogP contribution in [-0.2, 0) is 11.2 Å². The number of rotatable bonds is 5. The Kier molecular flexibility index (Phi) is 4.51. The zero-order valence-electron chi connectivity index (χ0n) is 11.7. The molecule has 1 N–H and O–H groups in total. The predicted molar refractivity (Wildman–Crippen MR) is 79.5 cm³/mol. The van der Waals surface area contributed by atoms with Gasteiger partial charge in [0.1, 0.15) is 5.82 Å². The predicted octanol–water partition coefficient (Wildman–Crippen LogP) is 3.67. The van der Waals surface area contributed by atoms with E-state index in [1.54, 1.807) is 6.07 Å². The molecule has 20 heavy (non-hydrogen) atoms. The lowest BCUT2D eigenvalue weighted by Gasteiger charge is -2.09. The van der Waals surface area contributed by atoms with Crippen molar-refractivity contribution in [2.45, 2.75) is 20.3 Å². The van der Waals surface area contributed by atoms with Crippen LogP contribution in [-0.4, -0.2) is 12.3 Å². The smallest absolute Gasteiger partial charge is 0.156 e. The van der Waals surface area contributed by atoms with Crippen molar-refractivity contribution < 1.29 is 9.18 Å². The van der Waals surface area contributed by atoms with Crippen LogP contribution in [0.25, 0.3) is 0 Å². The molecule has 3 heteroatoms. The molecule has 0 aromatic heterocycles. The molecule has 0 saturated heterocycles. The summed E-state index contributed by atoms with van der Waals surface area (Å²) in [6.45, 7) is 4.08. The summed E-state index contributed by atoms with van der Waals surface area (Å²) in [6.07, 6.45) is 0.410. The highest BCUT2D eigenvalue weighted by molar-refractivity contribution is 5.85. The molecular formula is C17H18FNO. The zero-order valence-corrected chi connectivity index (χ0v) is 11.7. The van der Waals surface area contributed by atoms with Crippen LogP contribution < -0.4 is 5.32 Å². The van der Waals surface area contributed by atoms with Crippen LogP contribution >= 0.6 is 0 Å². The van der Waals surface area contributed by atoms with Gasteiger partial charge < -0.3 is 5.32 Å². The zero-order chi connectivity index (χ0) is 14.5. The standard InChI is InChI=1S/C17H18FNO/c1-12-3-5-14(6-4-12)10-16(20)11-19-17-8-7-15(18)9-13(17)2/h3-9,19H,10-11H2,1-2H3. The molecular weight excluding hydrogens is 253 g/mol. The van der Waals surface area contributed by atoms with Crippen LogP contribution in [0.1, 0.15) is 16.7 Å². The molecule has 2 nitrogen and oxygen atoms in total. The van der Waals surface area contributed by atoms with Crippen LogP contribution in [0.15, 0.2) is 42.5 Å². The third-order valence-corrected chi connectivity index (χ3v) is 3.19. The van der Waals surface area contributed by atoms with Crippen molar-refractivity contribution in [1.82, 2.24) is 0 Å². The van der Waals surface area contributed by atoms with Gasteiger partial charge in [0.25, 0.3) is 0 Å². The Bertz CT molecular complexity index is 605. The van der Waals surface area contributed by atoms with Crippen molar-refractivity contribution in [3.05, 3.63) is 65.0 Å². The van der Waals surface area contributed by atoms with Crippen LogP contribution in [0.3, 0.4) is 0 Å². The molecule has 2 aromatic carbocycles. The van der Waals surface area contributed by atoms with Crippen LogP contribution in [0, 0.1) is 19.7 Å². The SMILES string of the molecule is Cc1ccc(CC(=O)CNc2ccc(F)cc2C)cc1. The number of Topliss-reactive ketones (excluding diaryl/α,β-unsaturated/α-hetero) is 1. The first-order valence-electron chi connectivity index (χ1n) is 6.62. The van der Waals surface area contributed by atoms with Crippen LogP contribution in [0.5, 0.6) is 0 Å². The molecule has 0 aliphatic heterocycles. The van der Waals surface area contributed by atoms with E-state index >= 15 is 0 Å². The molecule has 0 aliphatic rings. The fourth-order valence-electron chi connectivity index (χ4n) is 2.02. The van der Waals surface area contributed by atoms with Crippen molar-refractivity contribution in [3.8, 4) is 0 Å². The summed E-state index contributed by atoms with van der Waals surface area (Å²) in [6, 6.07) is 12.4. The second kappa shape index (κ2) is 6.33. The summed E-state index contributed by atoms with van der Waals surface area (Å²) in [5, 5.41) is 3.06. The molecule has 2 aromatic rings. The summed E-state index contributed by atoms with van der Waals surface area (Å²) in [5.41, 5.74) is 3.79. The van der Waals surface area contributed by atoms with E-state index in [9.17, 15) is 9.18 Å². The molecule has 0 saturated carbocycles. The fourth-order valence-corrected chi connectivity index (χ4v) is 2.02. The summed E-state index contributed by atoms with van der Waals surface area (Å²) in [7, 11) is 0. The van der Waals surface area contributed by atoms with E-state index in [1.807, 2.05) is 38.1 Å². The highest BCUT2D eigenvalue weighted by Crippen LogP contribution is 2.15. The molecule has 0 heterocycles. The summed E-state index contributed by atoms with van der Waals surface area (Å²) >= 11 is 0. The summed E-state index contributed by atoms with van der Waals surface area (Å²) in [5.74, 6) is -0.156. The van der Waals surface area contributed by atoms with Gasteiger partial charge in [0.2, 0.25) is 0 Å². The Labute approximate surface area is 118 Å². The summed E-state index contributed by atoms with van der Waals surface area (Å²) < 4.78 is 13.0. The maximum absolute atomic E-state index is 13.0. The minimum absolute atomic E-state index is 0.109. The van der Waals surface area contributed by atoms with Gasteiger partial charge in [-0.15, -0.1) is 0 Å². The minimum atomic E-state index is -0.265. The molecule has 0 aliphatic carbocycles. The third-order valence-electron chi connectivity index (χ3n) is 3.19. The first-order chi connectivity index (χ1) is 9.54. The highest BCUT2D eigenvalue weighted by Gasteiger charge is 2.05. The molecule has 0 bridgehead atoms. The van der Waals surface area contributed by atoms with Crippen molar-refractivity contribution in [3.63, 3.8) is 0 Å². The molecule has 0 amide bonds. The maximum atomic E-state index is 13.0. The molecule has 0 spiro atoms. The molecule has 0 atom stereocenters. The van der Waals surface area contributed by atoms with Crippen LogP contribution in [0.2, 0.25) is 0 Å². The van der Waals surface area contributed by atoms with Crippen molar-refractivity contribution in [2.75, 3.05) is 11.9 Å². The van der Waals surface area contributed by atoms with Gasteiger partial charge in [0.15, 0.2) is 5.78 Å². The normalized spacial score (nSPS) is 10.3. The van der Waals surface area contributed by atoms with Crippen LogP contribution in [0.4, 0.5) is 10.1 Å². The lowest BCUT2D eigenvalue weighted by atomic mass is 10.1. The Morgan fingerprint density at radius 3 is 2.45 bits per heavy atom. The Hall–Kier alpha value is -2.16. The van der Waals surface area contributed by atoms with Gasteiger partial charge in [-0.3, -0.25) is 4.79 Å². The lowest BCUT2D eigenvalue weighted by Crippen LogP contribution is -2.16. The van der Waals surface area contributed by atoms with Gasteiger partial charge in [-0.05, 0) is 43.2 Å². The van der Waals surface area contributed by atoms with Gasteiger partial charge in [0, 0.05) is 12.1 Å². The number of nitrogens with one attached hydrogen (secondary N) is 1. The molecule has 2 rings (SSSR count). The van der Waals surface area contributed by atoms with Crippen molar-refractivity contribution in [2.24, 2.45) is 0 Å². The lowest BCUT2D eigenvalue weighted by molar-refractivity contribution is -0.116. The largest absolute Gasteiger partial charge is 0.378 e. The molecule has 104 valence electrons. The minimum Gasteiger partial charge on any atom is -0.378 e. The van der Waals surface area contributed by atoms with Crippen molar-refractivity contribution >= 4 is 11.5 Å². The third kappa shape index (κ3) is 3.92. The van der Waals surface area contributed by atoms with Gasteiger partial charge >= 0.3 is 0 Å². The number of ketones is 1. The fraction of sp³-hybridized carbons (Fsp3) is 0.235. The first-order valence-corrected chi connectivity index (χ1v) is 6.62. The van der Waals surface area contributed by atoms with E-state index in [4.69, 9.17) is 0 Å². The second-order valence-corrected chi connectivity index (χ2v) is 5.01. The summed E-state index contributed by atoms with van der Waals surface area (Å²) in [4.78, 5) is 11.9. The molecule has 0 radical (unpaired) electrons. The van der Waals surface area contributed by atoms with Gasteiger partial charge in [-0.2, -0.15) is 0 Å². The van der Waals surface area contributed by atoms with E-state index in [-0.39, 0.29) is 18.1 Å².